The number of Topliss-reactive ketones (excluding diaryl/α,β-unsaturated/α-hetero) is 1. The summed E-state index contributed by atoms with van der Waals surface area (Å²) >= 11 is 5.89. The fraction of sp³-hybridized carbons (Fsp3) is 0.333. The zero-order valence-electron chi connectivity index (χ0n) is 14.6. The number of aryl methyl sites for hydroxylation is 2. The number of likely N-dealkylation sites (tertiary alicyclic amines) is 1. The third kappa shape index (κ3) is 3.93. The van der Waals surface area contributed by atoms with Crippen LogP contribution < -0.4 is 0 Å². The van der Waals surface area contributed by atoms with Crippen LogP contribution in [0.3, 0.4) is 0 Å². The van der Waals surface area contributed by atoms with Gasteiger partial charge in [-0.25, -0.2) is 0 Å². The highest BCUT2D eigenvalue weighted by molar-refractivity contribution is 6.30. The molecule has 1 aliphatic rings. The summed E-state index contributed by atoms with van der Waals surface area (Å²) in [5, 5.41) is 0.617. The number of hydrogen-bond donors (Lipinski definition) is 0. The van der Waals surface area contributed by atoms with E-state index >= 15 is 0 Å². The monoisotopic (exact) mass is 355 g/mol. The Hall–Kier alpha value is -2.13. The van der Waals surface area contributed by atoms with Gasteiger partial charge in [0.1, 0.15) is 0 Å². The van der Waals surface area contributed by atoms with Gasteiger partial charge in [0.15, 0.2) is 5.78 Å². The van der Waals surface area contributed by atoms with Crippen molar-refractivity contribution >= 4 is 23.3 Å². The fourth-order valence-electron chi connectivity index (χ4n) is 3.28. The van der Waals surface area contributed by atoms with Crippen LogP contribution in [0.25, 0.3) is 0 Å². The van der Waals surface area contributed by atoms with Crippen molar-refractivity contribution in [1.82, 2.24) is 4.90 Å². The second-order valence-corrected chi connectivity index (χ2v) is 7.20. The van der Waals surface area contributed by atoms with Gasteiger partial charge < -0.3 is 4.90 Å². The zero-order chi connectivity index (χ0) is 18.0. The highest BCUT2D eigenvalue weighted by atomic mass is 35.5. The summed E-state index contributed by atoms with van der Waals surface area (Å²) in [4.78, 5) is 27.4. The Kier molecular flexibility index (Phi) is 5.24. The van der Waals surface area contributed by atoms with Gasteiger partial charge >= 0.3 is 0 Å². The highest BCUT2D eigenvalue weighted by Gasteiger charge is 2.29. The maximum Gasteiger partial charge on any atom is 0.253 e. The second-order valence-electron chi connectivity index (χ2n) is 6.76. The molecule has 1 fully saturated rings. The molecule has 3 nitrogen and oxygen atoms in total. The van der Waals surface area contributed by atoms with Gasteiger partial charge in [0.2, 0.25) is 0 Å². The summed E-state index contributed by atoms with van der Waals surface area (Å²) in [7, 11) is 0. The lowest BCUT2D eigenvalue weighted by atomic mass is 9.89. The number of nitrogens with zero attached hydrogens (tertiary/aromatic N) is 1. The first-order valence-electron chi connectivity index (χ1n) is 8.62. The Labute approximate surface area is 153 Å². The van der Waals surface area contributed by atoms with E-state index in [0.717, 1.165) is 18.4 Å². The molecule has 25 heavy (non-hydrogen) atoms. The first kappa shape index (κ1) is 17.7. The van der Waals surface area contributed by atoms with Gasteiger partial charge in [-0.05, 0) is 74.2 Å². The minimum Gasteiger partial charge on any atom is -0.338 e. The summed E-state index contributed by atoms with van der Waals surface area (Å²) in [6, 6.07) is 12.8. The Morgan fingerprint density at radius 2 is 1.68 bits per heavy atom. The predicted octanol–water partition coefficient (Wildman–Crippen LogP) is 4.69. The molecular formula is C21H22ClNO2. The number of benzene rings is 2. The standard InChI is InChI=1S/C21H22ClNO2/c1-14-5-6-17(12-15(14)2)21(25)23-11-3-4-18(13-23)20(24)16-7-9-19(22)10-8-16/h5-10,12,18H,3-4,11,13H2,1-2H3. The molecule has 1 saturated heterocycles. The first-order chi connectivity index (χ1) is 12.0. The van der Waals surface area contributed by atoms with Gasteiger partial charge in [0.05, 0.1) is 0 Å². The molecule has 0 spiro atoms. The number of halogens is 1. The van der Waals surface area contributed by atoms with Crippen molar-refractivity contribution in [3.05, 3.63) is 69.7 Å². The van der Waals surface area contributed by atoms with Crippen LogP contribution in [0.2, 0.25) is 5.02 Å². The maximum absolute atomic E-state index is 12.8. The average molecular weight is 356 g/mol. The molecule has 1 unspecified atom stereocenters. The third-order valence-electron chi connectivity index (χ3n) is 4.96. The molecule has 0 N–H and O–H groups in total. The normalized spacial score (nSPS) is 17.4. The van der Waals surface area contributed by atoms with Crippen molar-refractivity contribution in [3.8, 4) is 0 Å². The lowest BCUT2D eigenvalue weighted by Gasteiger charge is -2.32. The van der Waals surface area contributed by atoms with Crippen LogP contribution in [0.1, 0.15) is 44.7 Å². The number of piperidine rings is 1. The fourth-order valence-corrected chi connectivity index (χ4v) is 3.41. The SMILES string of the molecule is Cc1ccc(C(=O)N2CCCC(C(=O)c3ccc(Cl)cc3)C2)cc1C. The topological polar surface area (TPSA) is 37.4 Å². The average Bonchev–Trinajstić information content (AvgIpc) is 2.63. The molecule has 3 rings (SSSR count). The summed E-state index contributed by atoms with van der Waals surface area (Å²) in [5.74, 6) is -0.0450. The summed E-state index contributed by atoms with van der Waals surface area (Å²) in [6.45, 7) is 5.23. The van der Waals surface area contributed by atoms with Gasteiger partial charge in [-0.2, -0.15) is 0 Å². The van der Waals surface area contributed by atoms with E-state index in [1.165, 1.54) is 5.56 Å². The minimum atomic E-state index is -0.148. The number of ketones is 1. The largest absolute Gasteiger partial charge is 0.338 e. The van der Waals surface area contributed by atoms with Crippen molar-refractivity contribution in [2.75, 3.05) is 13.1 Å². The van der Waals surface area contributed by atoms with Crippen LogP contribution >= 0.6 is 11.6 Å². The summed E-state index contributed by atoms with van der Waals surface area (Å²) in [6.07, 6.45) is 1.67. The molecule has 2 aromatic rings. The van der Waals surface area contributed by atoms with Crippen molar-refractivity contribution in [3.63, 3.8) is 0 Å². The molecule has 1 aliphatic heterocycles. The molecule has 0 bridgehead atoms. The van der Waals surface area contributed by atoms with Crippen LogP contribution in [-0.2, 0) is 0 Å². The van der Waals surface area contributed by atoms with Crippen molar-refractivity contribution in [1.29, 1.82) is 0 Å². The van der Waals surface area contributed by atoms with Crippen LogP contribution in [-0.4, -0.2) is 29.7 Å². The highest BCUT2D eigenvalue weighted by Crippen LogP contribution is 2.23. The maximum atomic E-state index is 12.8. The molecule has 0 aromatic heterocycles. The number of hydrogen-bond acceptors (Lipinski definition) is 2. The predicted molar refractivity (Wildman–Crippen MR) is 100 cm³/mol. The smallest absolute Gasteiger partial charge is 0.253 e. The first-order valence-corrected chi connectivity index (χ1v) is 9.00. The van der Waals surface area contributed by atoms with E-state index in [1.54, 1.807) is 24.3 Å². The molecule has 0 radical (unpaired) electrons. The molecule has 1 heterocycles. The molecule has 130 valence electrons. The van der Waals surface area contributed by atoms with Gasteiger partial charge in [0, 0.05) is 35.2 Å². The van der Waals surface area contributed by atoms with Gasteiger partial charge in [-0.1, -0.05) is 17.7 Å². The van der Waals surface area contributed by atoms with E-state index in [2.05, 4.69) is 0 Å². The quantitative estimate of drug-likeness (QED) is 0.749. The van der Waals surface area contributed by atoms with Gasteiger partial charge in [-0.15, -0.1) is 0 Å². The Balaban J connectivity index is 1.74. The molecule has 2 aromatic carbocycles. The van der Waals surface area contributed by atoms with E-state index in [-0.39, 0.29) is 17.6 Å². The van der Waals surface area contributed by atoms with Crippen LogP contribution in [0, 0.1) is 19.8 Å². The lowest BCUT2D eigenvalue weighted by molar-refractivity contribution is 0.0637. The number of carbonyl (C=O) groups excluding carboxylic acids is 2. The molecule has 1 atom stereocenters. The van der Waals surface area contributed by atoms with E-state index in [0.29, 0.717) is 29.2 Å². The lowest BCUT2D eigenvalue weighted by Crippen LogP contribution is -2.42. The van der Waals surface area contributed by atoms with Gasteiger partial charge in [0.25, 0.3) is 5.91 Å². The number of carbonyl (C=O) groups is 2. The summed E-state index contributed by atoms with van der Waals surface area (Å²) in [5.41, 5.74) is 3.64. The van der Waals surface area contributed by atoms with Gasteiger partial charge in [-0.3, -0.25) is 9.59 Å². The molecule has 4 heteroatoms. The molecular weight excluding hydrogens is 334 g/mol. The van der Waals surface area contributed by atoms with Crippen LogP contribution in [0.4, 0.5) is 0 Å². The molecule has 0 aliphatic carbocycles. The van der Waals surface area contributed by atoms with Crippen molar-refractivity contribution in [2.24, 2.45) is 5.92 Å². The van der Waals surface area contributed by atoms with E-state index < -0.39 is 0 Å². The Morgan fingerprint density at radius 1 is 1.00 bits per heavy atom. The number of amides is 1. The van der Waals surface area contributed by atoms with E-state index in [9.17, 15) is 9.59 Å². The third-order valence-corrected chi connectivity index (χ3v) is 5.21. The van der Waals surface area contributed by atoms with E-state index in [1.807, 2.05) is 36.9 Å². The zero-order valence-corrected chi connectivity index (χ0v) is 15.3. The summed E-state index contributed by atoms with van der Waals surface area (Å²) < 4.78 is 0. The Bertz CT molecular complexity index is 798. The van der Waals surface area contributed by atoms with Crippen molar-refractivity contribution in [2.45, 2.75) is 26.7 Å². The molecule has 0 saturated carbocycles. The van der Waals surface area contributed by atoms with Crippen molar-refractivity contribution < 1.29 is 9.59 Å². The molecule has 1 amide bonds. The Morgan fingerprint density at radius 3 is 2.36 bits per heavy atom. The van der Waals surface area contributed by atoms with E-state index in [4.69, 9.17) is 11.6 Å². The minimum absolute atomic E-state index is 0.0108. The number of rotatable bonds is 3. The second kappa shape index (κ2) is 7.40. The van der Waals surface area contributed by atoms with Crippen LogP contribution in [0.5, 0.6) is 0 Å². The van der Waals surface area contributed by atoms with Crippen LogP contribution in [0.15, 0.2) is 42.5 Å².